The maximum absolute atomic E-state index is 11.9. The summed E-state index contributed by atoms with van der Waals surface area (Å²) in [5.74, 6) is -0.107. The predicted octanol–water partition coefficient (Wildman–Crippen LogP) is 3.98. The molecule has 0 radical (unpaired) electrons. The van der Waals surface area contributed by atoms with E-state index in [1.807, 2.05) is 0 Å². The SMILES string of the molecule is O=C(N/N=C\c1ccc(-c2ccc([N+](=O)[O-])cc2O)o1)c1cccc(Cl)c1. The van der Waals surface area contributed by atoms with E-state index in [9.17, 15) is 20.0 Å². The summed E-state index contributed by atoms with van der Waals surface area (Å²) in [5, 5.41) is 24.9. The van der Waals surface area contributed by atoms with Gasteiger partial charge in [-0.2, -0.15) is 5.10 Å². The van der Waals surface area contributed by atoms with E-state index in [4.69, 9.17) is 16.0 Å². The molecule has 0 saturated carbocycles. The van der Waals surface area contributed by atoms with E-state index in [0.29, 0.717) is 27.7 Å². The summed E-state index contributed by atoms with van der Waals surface area (Å²) in [6, 6.07) is 13.2. The number of furan rings is 1. The van der Waals surface area contributed by atoms with Gasteiger partial charge in [-0.3, -0.25) is 14.9 Å². The van der Waals surface area contributed by atoms with Crippen LogP contribution in [0.4, 0.5) is 5.69 Å². The monoisotopic (exact) mass is 385 g/mol. The molecule has 2 aromatic carbocycles. The largest absolute Gasteiger partial charge is 0.507 e. The van der Waals surface area contributed by atoms with Crippen molar-refractivity contribution >= 4 is 29.4 Å². The molecule has 0 aliphatic carbocycles. The number of aromatic hydroxyl groups is 1. The standard InChI is InChI=1S/C18H12ClN3O5/c19-12-3-1-2-11(8-12)18(24)21-20-10-14-5-7-17(27-14)15-6-4-13(22(25)26)9-16(15)23/h1-10,23H,(H,21,24)/b20-10-. The number of benzene rings is 2. The number of hydrogen-bond donors (Lipinski definition) is 2. The highest BCUT2D eigenvalue weighted by Gasteiger charge is 2.14. The number of nitro groups is 1. The number of halogens is 1. The number of hydrazone groups is 1. The summed E-state index contributed by atoms with van der Waals surface area (Å²) in [5.41, 5.74) is 2.77. The van der Waals surface area contributed by atoms with Crippen LogP contribution in [0.3, 0.4) is 0 Å². The van der Waals surface area contributed by atoms with Crippen LogP contribution in [0.1, 0.15) is 16.1 Å². The van der Waals surface area contributed by atoms with Gasteiger partial charge < -0.3 is 9.52 Å². The Labute approximate surface area is 157 Å². The van der Waals surface area contributed by atoms with Crippen LogP contribution in [0.25, 0.3) is 11.3 Å². The topological polar surface area (TPSA) is 118 Å². The van der Waals surface area contributed by atoms with Crippen molar-refractivity contribution < 1.29 is 19.2 Å². The van der Waals surface area contributed by atoms with Crippen molar-refractivity contribution in [1.82, 2.24) is 5.43 Å². The van der Waals surface area contributed by atoms with E-state index in [0.717, 1.165) is 6.07 Å². The first-order chi connectivity index (χ1) is 12.9. The highest BCUT2D eigenvalue weighted by atomic mass is 35.5. The summed E-state index contributed by atoms with van der Waals surface area (Å²) in [6.07, 6.45) is 1.29. The van der Waals surface area contributed by atoms with Gasteiger partial charge in [-0.05, 0) is 36.4 Å². The molecule has 0 spiro atoms. The van der Waals surface area contributed by atoms with Crippen LogP contribution in [0.15, 0.2) is 64.1 Å². The Morgan fingerprint density at radius 2 is 2.04 bits per heavy atom. The van der Waals surface area contributed by atoms with Crippen LogP contribution in [-0.4, -0.2) is 22.2 Å². The molecule has 1 amide bonds. The molecule has 1 aromatic heterocycles. The van der Waals surface area contributed by atoms with Crippen LogP contribution in [0.2, 0.25) is 5.02 Å². The third kappa shape index (κ3) is 4.31. The number of nitrogens with zero attached hydrogens (tertiary/aromatic N) is 2. The van der Waals surface area contributed by atoms with E-state index in [1.54, 1.807) is 30.3 Å². The van der Waals surface area contributed by atoms with Gasteiger partial charge in [-0.15, -0.1) is 0 Å². The molecule has 0 aliphatic rings. The maximum Gasteiger partial charge on any atom is 0.273 e. The van der Waals surface area contributed by atoms with E-state index >= 15 is 0 Å². The fourth-order valence-corrected chi connectivity index (χ4v) is 2.45. The van der Waals surface area contributed by atoms with Crippen molar-refractivity contribution in [2.24, 2.45) is 5.10 Å². The van der Waals surface area contributed by atoms with Gasteiger partial charge in [0.1, 0.15) is 17.3 Å². The smallest absolute Gasteiger partial charge is 0.273 e. The fraction of sp³-hybridized carbons (Fsp3) is 0. The minimum Gasteiger partial charge on any atom is -0.507 e. The van der Waals surface area contributed by atoms with Crippen LogP contribution in [0.5, 0.6) is 5.75 Å². The molecule has 0 saturated heterocycles. The minimum atomic E-state index is -0.605. The van der Waals surface area contributed by atoms with Crippen molar-refractivity contribution in [3.8, 4) is 17.1 Å². The van der Waals surface area contributed by atoms with Crippen molar-refractivity contribution in [2.75, 3.05) is 0 Å². The second-order valence-corrected chi connectivity index (χ2v) is 5.81. The maximum atomic E-state index is 11.9. The number of amides is 1. The summed E-state index contributed by atoms with van der Waals surface area (Å²) >= 11 is 5.83. The lowest BCUT2D eigenvalue weighted by atomic mass is 10.1. The Kier molecular flexibility index (Phi) is 5.18. The molecule has 0 atom stereocenters. The zero-order chi connectivity index (χ0) is 19.4. The number of rotatable bonds is 5. The summed E-state index contributed by atoms with van der Waals surface area (Å²) < 4.78 is 5.51. The van der Waals surface area contributed by atoms with Gasteiger partial charge in [0.15, 0.2) is 0 Å². The zero-order valence-electron chi connectivity index (χ0n) is 13.6. The van der Waals surface area contributed by atoms with Gasteiger partial charge in [0.25, 0.3) is 11.6 Å². The van der Waals surface area contributed by atoms with Crippen LogP contribution in [0, 0.1) is 10.1 Å². The summed E-state index contributed by atoms with van der Waals surface area (Å²) in [7, 11) is 0. The Morgan fingerprint density at radius 3 is 2.74 bits per heavy atom. The lowest BCUT2D eigenvalue weighted by Gasteiger charge is -2.01. The fourth-order valence-electron chi connectivity index (χ4n) is 2.26. The van der Waals surface area contributed by atoms with Gasteiger partial charge in [0, 0.05) is 16.7 Å². The number of carbonyl (C=O) groups is 1. The van der Waals surface area contributed by atoms with Gasteiger partial charge >= 0.3 is 0 Å². The quantitative estimate of drug-likeness (QED) is 0.391. The zero-order valence-corrected chi connectivity index (χ0v) is 14.4. The average Bonchev–Trinajstić information content (AvgIpc) is 3.10. The van der Waals surface area contributed by atoms with Crippen LogP contribution < -0.4 is 5.43 Å². The van der Waals surface area contributed by atoms with Gasteiger partial charge in [0.05, 0.1) is 22.8 Å². The van der Waals surface area contributed by atoms with Crippen molar-refractivity contribution in [3.05, 3.63) is 81.1 Å². The second kappa shape index (κ2) is 7.71. The lowest BCUT2D eigenvalue weighted by Crippen LogP contribution is -2.17. The van der Waals surface area contributed by atoms with Gasteiger partial charge in [-0.1, -0.05) is 17.7 Å². The molecule has 9 heteroatoms. The first kappa shape index (κ1) is 18.2. The average molecular weight is 386 g/mol. The molecule has 3 aromatic rings. The number of phenols is 1. The number of phenolic OH excluding ortho intramolecular Hbond substituents is 1. The van der Waals surface area contributed by atoms with Crippen molar-refractivity contribution in [2.45, 2.75) is 0 Å². The Bertz CT molecular complexity index is 1040. The van der Waals surface area contributed by atoms with Gasteiger partial charge in [-0.25, -0.2) is 5.43 Å². The third-order valence-electron chi connectivity index (χ3n) is 3.53. The number of non-ortho nitro benzene ring substituents is 1. The first-order valence-electron chi connectivity index (χ1n) is 7.60. The summed E-state index contributed by atoms with van der Waals surface area (Å²) in [6.45, 7) is 0. The number of carbonyl (C=O) groups excluding carboxylic acids is 1. The first-order valence-corrected chi connectivity index (χ1v) is 7.98. The normalized spacial score (nSPS) is 10.9. The van der Waals surface area contributed by atoms with Gasteiger partial charge in [0.2, 0.25) is 0 Å². The predicted molar refractivity (Wildman–Crippen MR) is 99.0 cm³/mol. The molecule has 0 bridgehead atoms. The molecule has 0 fully saturated rings. The van der Waals surface area contributed by atoms with E-state index < -0.39 is 10.8 Å². The van der Waals surface area contributed by atoms with E-state index in [1.165, 1.54) is 24.4 Å². The molecule has 0 unspecified atom stereocenters. The Balaban J connectivity index is 1.70. The highest BCUT2D eigenvalue weighted by molar-refractivity contribution is 6.30. The Morgan fingerprint density at radius 1 is 1.22 bits per heavy atom. The van der Waals surface area contributed by atoms with Crippen LogP contribution in [-0.2, 0) is 0 Å². The van der Waals surface area contributed by atoms with E-state index in [2.05, 4.69) is 10.5 Å². The number of nitro benzene ring substituents is 1. The second-order valence-electron chi connectivity index (χ2n) is 5.37. The molecule has 27 heavy (non-hydrogen) atoms. The van der Waals surface area contributed by atoms with Crippen molar-refractivity contribution in [1.29, 1.82) is 0 Å². The minimum absolute atomic E-state index is 0.228. The summed E-state index contributed by atoms with van der Waals surface area (Å²) in [4.78, 5) is 22.0. The van der Waals surface area contributed by atoms with Crippen molar-refractivity contribution in [3.63, 3.8) is 0 Å². The highest BCUT2D eigenvalue weighted by Crippen LogP contribution is 2.33. The lowest BCUT2D eigenvalue weighted by molar-refractivity contribution is -0.384. The number of hydrogen-bond acceptors (Lipinski definition) is 6. The molecular weight excluding hydrogens is 374 g/mol. The molecule has 8 nitrogen and oxygen atoms in total. The molecule has 2 N–H and O–H groups in total. The van der Waals surface area contributed by atoms with E-state index in [-0.39, 0.29) is 11.4 Å². The third-order valence-corrected chi connectivity index (χ3v) is 3.76. The molecule has 3 rings (SSSR count). The molecular formula is C18H12ClN3O5. The Hall–Kier alpha value is -3.65. The van der Waals surface area contributed by atoms with Crippen LogP contribution >= 0.6 is 11.6 Å². The molecule has 0 aliphatic heterocycles. The molecule has 136 valence electrons. The molecule has 1 heterocycles. The number of nitrogens with one attached hydrogen (secondary N) is 1.